The molecular formula is C16H22FNO2. The predicted octanol–water partition coefficient (Wildman–Crippen LogP) is 3.85. The van der Waals surface area contributed by atoms with Crippen LogP contribution in [0.5, 0.6) is 0 Å². The second-order valence-electron chi connectivity index (χ2n) is 5.80. The van der Waals surface area contributed by atoms with Gasteiger partial charge in [0.2, 0.25) is 0 Å². The quantitative estimate of drug-likeness (QED) is 0.854. The van der Waals surface area contributed by atoms with E-state index in [1.54, 1.807) is 6.07 Å². The van der Waals surface area contributed by atoms with Crippen LogP contribution in [0.1, 0.15) is 43.5 Å². The standard InChI is InChI=1S/C16H22FNO2/c1-10-4-5-12(8-11(10)2)18-13-6-7-15(17)14(9-13)16(19)20-3/h6-7,9-12,18H,4-5,8H2,1-3H3. The van der Waals surface area contributed by atoms with Gasteiger partial charge in [0, 0.05) is 11.7 Å². The number of esters is 1. The van der Waals surface area contributed by atoms with Gasteiger partial charge >= 0.3 is 5.97 Å². The first kappa shape index (κ1) is 14.8. The molecule has 0 bridgehead atoms. The number of anilines is 1. The molecule has 1 aliphatic rings. The van der Waals surface area contributed by atoms with Crippen LogP contribution in [0.2, 0.25) is 0 Å². The third-order valence-corrected chi connectivity index (χ3v) is 4.34. The molecule has 110 valence electrons. The summed E-state index contributed by atoms with van der Waals surface area (Å²) in [5, 5.41) is 3.40. The molecule has 0 aromatic heterocycles. The lowest BCUT2D eigenvalue weighted by atomic mass is 9.79. The van der Waals surface area contributed by atoms with E-state index in [4.69, 9.17) is 0 Å². The third kappa shape index (κ3) is 3.30. The van der Waals surface area contributed by atoms with Crippen LogP contribution in [0.25, 0.3) is 0 Å². The Morgan fingerprint density at radius 1 is 1.30 bits per heavy atom. The highest BCUT2D eigenvalue weighted by Gasteiger charge is 2.24. The Morgan fingerprint density at radius 3 is 2.70 bits per heavy atom. The maximum atomic E-state index is 13.6. The molecule has 0 spiro atoms. The van der Waals surface area contributed by atoms with Crippen LogP contribution in [-0.4, -0.2) is 19.1 Å². The van der Waals surface area contributed by atoms with Crippen molar-refractivity contribution in [2.45, 2.75) is 39.2 Å². The summed E-state index contributed by atoms with van der Waals surface area (Å²) in [4.78, 5) is 11.5. The van der Waals surface area contributed by atoms with Gasteiger partial charge in [-0.05, 0) is 49.3 Å². The minimum Gasteiger partial charge on any atom is -0.465 e. The molecule has 0 aliphatic heterocycles. The smallest absolute Gasteiger partial charge is 0.340 e. The van der Waals surface area contributed by atoms with Crippen LogP contribution in [0.4, 0.5) is 10.1 Å². The highest BCUT2D eigenvalue weighted by atomic mass is 19.1. The van der Waals surface area contributed by atoms with Gasteiger partial charge in [0.1, 0.15) is 5.82 Å². The molecule has 20 heavy (non-hydrogen) atoms. The summed E-state index contributed by atoms with van der Waals surface area (Å²) in [5.74, 6) is 0.249. The first-order valence-corrected chi connectivity index (χ1v) is 7.15. The molecule has 2 rings (SSSR count). The van der Waals surface area contributed by atoms with E-state index in [-0.39, 0.29) is 5.56 Å². The molecule has 0 saturated heterocycles. The number of nitrogens with one attached hydrogen (secondary N) is 1. The van der Waals surface area contributed by atoms with Crippen LogP contribution in [0, 0.1) is 17.7 Å². The van der Waals surface area contributed by atoms with Crippen LogP contribution in [0.3, 0.4) is 0 Å². The van der Waals surface area contributed by atoms with Crippen molar-refractivity contribution in [1.29, 1.82) is 0 Å². The van der Waals surface area contributed by atoms with Gasteiger partial charge in [-0.15, -0.1) is 0 Å². The summed E-state index contributed by atoms with van der Waals surface area (Å²) in [7, 11) is 1.26. The average molecular weight is 279 g/mol. The number of carbonyl (C=O) groups excluding carboxylic acids is 1. The van der Waals surface area contributed by atoms with Crippen molar-refractivity contribution in [2.75, 3.05) is 12.4 Å². The van der Waals surface area contributed by atoms with Crippen LogP contribution in [0.15, 0.2) is 18.2 Å². The Balaban J connectivity index is 2.08. The minimum absolute atomic E-state index is 0.0188. The molecule has 0 radical (unpaired) electrons. The number of rotatable bonds is 3. The summed E-state index contributed by atoms with van der Waals surface area (Å²) in [6.45, 7) is 4.55. The Labute approximate surface area is 119 Å². The van der Waals surface area contributed by atoms with Crippen molar-refractivity contribution < 1.29 is 13.9 Å². The zero-order chi connectivity index (χ0) is 14.7. The lowest BCUT2D eigenvalue weighted by Gasteiger charge is -2.33. The maximum absolute atomic E-state index is 13.6. The van der Waals surface area contributed by atoms with E-state index in [9.17, 15) is 9.18 Å². The van der Waals surface area contributed by atoms with Crippen LogP contribution < -0.4 is 5.32 Å². The van der Waals surface area contributed by atoms with E-state index >= 15 is 0 Å². The van der Waals surface area contributed by atoms with Gasteiger partial charge in [-0.1, -0.05) is 13.8 Å². The van der Waals surface area contributed by atoms with E-state index < -0.39 is 11.8 Å². The summed E-state index contributed by atoms with van der Waals surface area (Å²) < 4.78 is 18.2. The molecule has 1 aromatic rings. The van der Waals surface area contributed by atoms with Crippen molar-refractivity contribution in [3.05, 3.63) is 29.6 Å². The maximum Gasteiger partial charge on any atom is 0.340 e. The largest absolute Gasteiger partial charge is 0.465 e. The molecule has 1 aliphatic carbocycles. The highest BCUT2D eigenvalue weighted by Crippen LogP contribution is 2.31. The molecule has 3 unspecified atom stereocenters. The topological polar surface area (TPSA) is 38.3 Å². The van der Waals surface area contributed by atoms with E-state index in [2.05, 4.69) is 23.9 Å². The fourth-order valence-corrected chi connectivity index (χ4v) is 2.80. The number of carbonyl (C=O) groups is 1. The van der Waals surface area contributed by atoms with Gasteiger partial charge in [-0.25, -0.2) is 9.18 Å². The Hall–Kier alpha value is -1.58. The molecular weight excluding hydrogens is 257 g/mol. The van der Waals surface area contributed by atoms with Gasteiger partial charge in [0.25, 0.3) is 0 Å². The third-order valence-electron chi connectivity index (χ3n) is 4.34. The van der Waals surface area contributed by atoms with Crippen LogP contribution >= 0.6 is 0 Å². The molecule has 0 heterocycles. The van der Waals surface area contributed by atoms with Gasteiger partial charge in [-0.3, -0.25) is 0 Å². The lowest BCUT2D eigenvalue weighted by molar-refractivity contribution is 0.0595. The van der Waals surface area contributed by atoms with Crippen molar-refractivity contribution in [3.8, 4) is 0 Å². The Morgan fingerprint density at radius 2 is 2.05 bits per heavy atom. The van der Waals surface area contributed by atoms with Gasteiger partial charge in [0.15, 0.2) is 0 Å². The second kappa shape index (κ2) is 6.25. The van der Waals surface area contributed by atoms with Crippen molar-refractivity contribution in [3.63, 3.8) is 0 Å². The predicted molar refractivity (Wildman–Crippen MR) is 77.3 cm³/mol. The molecule has 1 N–H and O–H groups in total. The van der Waals surface area contributed by atoms with E-state index in [1.165, 1.54) is 25.7 Å². The summed E-state index contributed by atoms with van der Waals surface area (Å²) in [6, 6.07) is 4.90. The Kier molecular flexibility index (Phi) is 4.63. The van der Waals surface area contributed by atoms with Crippen molar-refractivity contribution in [1.82, 2.24) is 0 Å². The number of halogens is 1. The van der Waals surface area contributed by atoms with Crippen molar-refractivity contribution >= 4 is 11.7 Å². The Bertz CT molecular complexity index is 489. The number of methoxy groups -OCH3 is 1. The molecule has 3 nitrogen and oxygen atoms in total. The number of benzene rings is 1. The normalized spacial score (nSPS) is 26.1. The van der Waals surface area contributed by atoms with Crippen LogP contribution in [-0.2, 0) is 4.74 Å². The molecule has 1 saturated carbocycles. The number of hydrogen-bond acceptors (Lipinski definition) is 3. The molecule has 4 heteroatoms. The molecule has 1 aromatic carbocycles. The van der Waals surface area contributed by atoms with Gasteiger partial charge in [0.05, 0.1) is 12.7 Å². The summed E-state index contributed by atoms with van der Waals surface area (Å²) in [6.07, 6.45) is 3.41. The fourth-order valence-electron chi connectivity index (χ4n) is 2.80. The minimum atomic E-state index is -0.642. The monoisotopic (exact) mass is 279 g/mol. The second-order valence-corrected chi connectivity index (χ2v) is 5.80. The zero-order valence-electron chi connectivity index (χ0n) is 12.3. The first-order chi connectivity index (χ1) is 9.51. The molecule has 1 fully saturated rings. The molecule has 3 atom stereocenters. The SMILES string of the molecule is COC(=O)c1cc(NC2CCC(C)C(C)C2)ccc1F. The summed E-state index contributed by atoms with van der Waals surface area (Å²) >= 11 is 0. The summed E-state index contributed by atoms with van der Waals surface area (Å²) in [5.41, 5.74) is 0.758. The number of hydrogen-bond donors (Lipinski definition) is 1. The first-order valence-electron chi connectivity index (χ1n) is 7.15. The van der Waals surface area contributed by atoms with Crippen molar-refractivity contribution in [2.24, 2.45) is 11.8 Å². The lowest BCUT2D eigenvalue weighted by Crippen LogP contribution is -2.30. The van der Waals surface area contributed by atoms with Gasteiger partial charge < -0.3 is 10.1 Å². The van der Waals surface area contributed by atoms with E-state index in [1.807, 2.05) is 0 Å². The fraction of sp³-hybridized carbons (Fsp3) is 0.562. The highest BCUT2D eigenvalue weighted by molar-refractivity contribution is 5.90. The molecule has 0 amide bonds. The van der Waals surface area contributed by atoms with E-state index in [0.29, 0.717) is 12.0 Å². The van der Waals surface area contributed by atoms with Gasteiger partial charge in [-0.2, -0.15) is 0 Å². The number of ether oxygens (including phenoxy) is 1. The average Bonchev–Trinajstić information content (AvgIpc) is 2.44. The van der Waals surface area contributed by atoms with E-state index in [0.717, 1.165) is 24.4 Å². The zero-order valence-corrected chi connectivity index (χ0v) is 12.3.